The molecule has 88 valence electrons. The Balaban J connectivity index is 2.15. The number of hydrogen-bond donors (Lipinski definition) is 0. The van der Waals surface area contributed by atoms with Crippen molar-refractivity contribution < 1.29 is 4.79 Å². The fraction of sp³-hybridized carbons (Fsp3) is 0.429. The highest BCUT2D eigenvalue weighted by molar-refractivity contribution is 5.95. The Morgan fingerprint density at radius 3 is 3.00 bits per heavy atom. The molecule has 17 heavy (non-hydrogen) atoms. The van der Waals surface area contributed by atoms with E-state index in [0.717, 1.165) is 24.9 Å². The van der Waals surface area contributed by atoms with Crippen molar-refractivity contribution in [2.45, 2.75) is 32.1 Å². The highest BCUT2D eigenvalue weighted by atomic mass is 16.2. The van der Waals surface area contributed by atoms with Gasteiger partial charge in [-0.3, -0.25) is 4.79 Å². The zero-order chi connectivity index (χ0) is 12.3. The normalized spacial score (nSPS) is 14.4. The first-order chi connectivity index (χ1) is 8.22. The van der Waals surface area contributed by atoms with Gasteiger partial charge in [-0.25, -0.2) is 0 Å². The zero-order valence-corrected chi connectivity index (χ0v) is 10.1. The van der Waals surface area contributed by atoms with Crippen molar-refractivity contribution in [2.75, 3.05) is 11.9 Å². The van der Waals surface area contributed by atoms with Crippen molar-refractivity contribution in [3.63, 3.8) is 0 Å². The van der Waals surface area contributed by atoms with Gasteiger partial charge in [0.05, 0.1) is 6.07 Å². The standard InChI is InChI=1S/C14H16N2O/c1-16-13-7-5-11(4-2-3-9-15)10-12(13)6-8-14(16)17/h5,7,10H,2-4,6,8H2,1H3. The lowest BCUT2D eigenvalue weighted by Crippen LogP contribution is -2.31. The highest BCUT2D eigenvalue weighted by Gasteiger charge is 2.20. The molecule has 1 aliphatic heterocycles. The average Bonchev–Trinajstić information content (AvgIpc) is 2.34. The predicted molar refractivity (Wildman–Crippen MR) is 66.7 cm³/mol. The molecule has 3 nitrogen and oxygen atoms in total. The molecule has 0 fully saturated rings. The summed E-state index contributed by atoms with van der Waals surface area (Å²) in [5.74, 6) is 0.190. The van der Waals surface area contributed by atoms with E-state index in [1.807, 2.05) is 13.1 Å². The number of rotatable bonds is 3. The number of amides is 1. The van der Waals surface area contributed by atoms with E-state index >= 15 is 0 Å². The lowest BCUT2D eigenvalue weighted by atomic mass is 9.97. The summed E-state index contributed by atoms with van der Waals surface area (Å²) in [6.45, 7) is 0. The number of fused-ring (bicyclic) bond motifs is 1. The summed E-state index contributed by atoms with van der Waals surface area (Å²) in [4.78, 5) is 13.3. The number of aryl methyl sites for hydroxylation is 2. The van der Waals surface area contributed by atoms with Gasteiger partial charge in [-0.1, -0.05) is 12.1 Å². The maximum Gasteiger partial charge on any atom is 0.227 e. The summed E-state index contributed by atoms with van der Waals surface area (Å²) in [7, 11) is 1.83. The molecule has 1 amide bonds. The Labute approximate surface area is 102 Å². The lowest BCUT2D eigenvalue weighted by molar-refractivity contribution is -0.118. The quantitative estimate of drug-likeness (QED) is 0.746. The van der Waals surface area contributed by atoms with Gasteiger partial charge in [-0.05, 0) is 36.5 Å². The molecule has 1 heterocycles. The summed E-state index contributed by atoms with van der Waals surface area (Å²) in [6.07, 6.45) is 3.90. The fourth-order valence-corrected chi connectivity index (χ4v) is 2.24. The van der Waals surface area contributed by atoms with Crippen LogP contribution in [0.3, 0.4) is 0 Å². The summed E-state index contributed by atoms with van der Waals surface area (Å²) in [5, 5.41) is 8.51. The van der Waals surface area contributed by atoms with Crippen LogP contribution in [0.25, 0.3) is 0 Å². The van der Waals surface area contributed by atoms with Gasteiger partial charge in [-0.2, -0.15) is 5.26 Å². The molecule has 1 aromatic rings. The van der Waals surface area contributed by atoms with E-state index in [0.29, 0.717) is 12.8 Å². The second kappa shape index (κ2) is 5.01. The molecule has 0 saturated heterocycles. The van der Waals surface area contributed by atoms with Gasteiger partial charge >= 0.3 is 0 Å². The van der Waals surface area contributed by atoms with Gasteiger partial charge in [-0.15, -0.1) is 0 Å². The van der Waals surface area contributed by atoms with Crippen molar-refractivity contribution >= 4 is 11.6 Å². The number of carbonyl (C=O) groups excluding carboxylic acids is 1. The van der Waals surface area contributed by atoms with Crippen LogP contribution in [-0.2, 0) is 17.6 Å². The first-order valence-corrected chi connectivity index (χ1v) is 5.97. The van der Waals surface area contributed by atoms with Crippen LogP contribution in [0.5, 0.6) is 0 Å². The Morgan fingerprint density at radius 1 is 1.41 bits per heavy atom. The molecule has 0 N–H and O–H groups in total. The molecule has 1 aromatic carbocycles. The maximum atomic E-state index is 11.5. The number of anilines is 1. The minimum Gasteiger partial charge on any atom is -0.315 e. The topological polar surface area (TPSA) is 44.1 Å². The molecule has 0 unspecified atom stereocenters. The van der Waals surface area contributed by atoms with Crippen molar-refractivity contribution in [3.05, 3.63) is 29.3 Å². The molecule has 0 saturated carbocycles. The Morgan fingerprint density at radius 2 is 2.24 bits per heavy atom. The number of unbranched alkanes of at least 4 members (excludes halogenated alkanes) is 1. The smallest absolute Gasteiger partial charge is 0.227 e. The van der Waals surface area contributed by atoms with Crippen molar-refractivity contribution in [3.8, 4) is 6.07 Å². The third kappa shape index (κ3) is 2.47. The van der Waals surface area contributed by atoms with Crippen molar-refractivity contribution in [2.24, 2.45) is 0 Å². The summed E-state index contributed by atoms with van der Waals surface area (Å²) in [5.41, 5.74) is 3.55. The fourth-order valence-electron chi connectivity index (χ4n) is 2.24. The van der Waals surface area contributed by atoms with Gasteiger partial charge in [0.15, 0.2) is 0 Å². The van der Waals surface area contributed by atoms with Gasteiger partial charge in [0, 0.05) is 25.6 Å². The minimum absolute atomic E-state index is 0.190. The van der Waals surface area contributed by atoms with Crippen molar-refractivity contribution in [1.82, 2.24) is 0 Å². The molecule has 0 aliphatic carbocycles. The summed E-state index contributed by atoms with van der Waals surface area (Å²) < 4.78 is 0. The van der Waals surface area contributed by atoms with Crippen LogP contribution in [0.4, 0.5) is 5.69 Å². The average molecular weight is 228 g/mol. The van der Waals surface area contributed by atoms with Gasteiger partial charge < -0.3 is 4.90 Å². The SMILES string of the molecule is CN1C(=O)CCc2cc(CCCC#N)ccc21. The predicted octanol–water partition coefficient (Wildman–Crippen LogP) is 2.44. The molecular weight excluding hydrogens is 212 g/mol. The van der Waals surface area contributed by atoms with E-state index in [4.69, 9.17) is 5.26 Å². The molecule has 1 aliphatic rings. The van der Waals surface area contributed by atoms with E-state index < -0.39 is 0 Å². The van der Waals surface area contributed by atoms with Crippen molar-refractivity contribution in [1.29, 1.82) is 5.26 Å². The van der Waals surface area contributed by atoms with Gasteiger partial charge in [0.25, 0.3) is 0 Å². The highest BCUT2D eigenvalue weighted by Crippen LogP contribution is 2.27. The zero-order valence-electron chi connectivity index (χ0n) is 10.1. The lowest BCUT2D eigenvalue weighted by Gasteiger charge is -2.26. The number of carbonyl (C=O) groups is 1. The van der Waals surface area contributed by atoms with Crippen LogP contribution < -0.4 is 4.90 Å². The number of nitrogens with zero attached hydrogens (tertiary/aromatic N) is 2. The summed E-state index contributed by atoms with van der Waals surface area (Å²) in [6, 6.07) is 8.42. The van der Waals surface area contributed by atoms with Gasteiger partial charge in [0.2, 0.25) is 5.91 Å². The summed E-state index contributed by atoms with van der Waals surface area (Å²) >= 11 is 0. The van der Waals surface area contributed by atoms with Gasteiger partial charge in [0.1, 0.15) is 0 Å². The molecular formula is C14H16N2O. The number of benzene rings is 1. The molecule has 0 bridgehead atoms. The van der Waals surface area contributed by atoms with E-state index in [1.54, 1.807) is 4.90 Å². The third-order valence-corrected chi connectivity index (χ3v) is 3.24. The van der Waals surface area contributed by atoms with Crippen LogP contribution in [0.1, 0.15) is 30.4 Å². The molecule has 0 spiro atoms. The first kappa shape index (κ1) is 11.7. The van der Waals surface area contributed by atoms with Crippen LogP contribution in [0, 0.1) is 11.3 Å². The first-order valence-electron chi connectivity index (χ1n) is 5.97. The van der Waals surface area contributed by atoms with Crippen LogP contribution in [-0.4, -0.2) is 13.0 Å². The van der Waals surface area contributed by atoms with Crippen LogP contribution in [0.15, 0.2) is 18.2 Å². The third-order valence-electron chi connectivity index (χ3n) is 3.24. The maximum absolute atomic E-state index is 11.5. The minimum atomic E-state index is 0.190. The molecule has 2 rings (SSSR count). The van der Waals surface area contributed by atoms with E-state index in [2.05, 4.69) is 18.2 Å². The largest absolute Gasteiger partial charge is 0.315 e. The number of nitriles is 1. The number of hydrogen-bond acceptors (Lipinski definition) is 2. The molecule has 0 aromatic heterocycles. The Kier molecular flexibility index (Phi) is 3.43. The Bertz CT molecular complexity index is 474. The van der Waals surface area contributed by atoms with Crippen LogP contribution in [0.2, 0.25) is 0 Å². The molecule has 3 heteroatoms. The molecule has 0 atom stereocenters. The second-order valence-electron chi connectivity index (χ2n) is 4.43. The van der Waals surface area contributed by atoms with E-state index in [-0.39, 0.29) is 5.91 Å². The Hall–Kier alpha value is -1.82. The molecule has 0 radical (unpaired) electrons. The van der Waals surface area contributed by atoms with E-state index in [1.165, 1.54) is 11.1 Å². The van der Waals surface area contributed by atoms with Crippen LogP contribution >= 0.6 is 0 Å². The second-order valence-corrected chi connectivity index (χ2v) is 4.43. The van der Waals surface area contributed by atoms with E-state index in [9.17, 15) is 4.79 Å². The monoisotopic (exact) mass is 228 g/mol.